The topological polar surface area (TPSA) is 72.5 Å². The van der Waals surface area contributed by atoms with Gasteiger partial charge in [0.05, 0.1) is 5.56 Å². The molecule has 2 atom stereocenters. The summed E-state index contributed by atoms with van der Waals surface area (Å²) in [6.07, 6.45) is 0.179. The van der Waals surface area contributed by atoms with Gasteiger partial charge in [-0.1, -0.05) is 38.5 Å². The average Bonchev–Trinajstić information content (AvgIpc) is 2.96. The van der Waals surface area contributed by atoms with Gasteiger partial charge in [-0.3, -0.25) is 9.59 Å². The Balaban J connectivity index is 1.83. The first-order chi connectivity index (χ1) is 13.7. The van der Waals surface area contributed by atoms with Crippen molar-refractivity contribution in [2.45, 2.75) is 46.1 Å². The third-order valence-electron chi connectivity index (χ3n) is 5.12. The number of hydrogen-bond acceptors (Lipinski definition) is 4. The first kappa shape index (κ1) is 20.7. The van der Waals surface area contributed by atoms with Crippen molar-refractivity contribution in [3.05, 3.63) is 64.5 Å². The molecule has 0 saturated carbocycles. The summed E-state index contributed by atoms with van der Waals surface area (Å²) in [6, 6.07) is 8.61. The summed E-state index contributed by atoms with van der Waals surface area (Å²) in [4.78, 5) is 37.7. The standard InChI is InChI=1S/C23H24FNO4/c1-12(2)21(25-22(27)15-7-5-6-13(3)10-15)23(28)29-18-9-8-16(24)19-14(4)11-17(26)20(18)19/h5-10,12,14,21H,11H2,1-4H3,(H,25,27)/t14?,21-/m0/s1. The van der Waals surface area contributed by atoms with Crippen LogP contribution in [0, 0.1) is 18.7 Å². The Bertz CT molecular complexity index is 983. The number of carbonyl (C=O) groups is 3. The lowest BCUT2D eigenvalue weighted by Gasteiger charge is -2.21. The fourth-order valence-electron chi connectivity index (χ4n) is 3.59. The van der Waals surface area contributed by atoms with Crippen LogP contribution in [0.15, 0.2) is 36.4 Å². The van der Waals surface area contributed by atoms with E-state index in [1.807, 2.05) is 13.0 Å². The highest BCUT2D eigenvalue weighted by atomic mass is 19.1. The molecule has 6 heteroatoms. The van der Waals surface area contributed by atoms with E-state index in [1.165, 1.54) is 12.1 Å². The van der Waals surface area contributed by atoms with Crippen LogP contribution in [0.3, 0.4) is 0 Å². The molecular weight excluding hydrogens is 373 g/mol. The van der Waals surface area contributed by atoms with Crippen molar-refractivity contribution >= 4 is 17.7 Å². The predicted molar refractivity (Wildman–Crippen MR) is 107 cm³/mol. The Kier molecular flexibility index (Phi) is 5.82. The summed E-state index contributed by atoms with van der Waals surface area (Å²) < 4.78 is 19.6. The molecule has 1 aliphatic rings. The van der Waals surface area contributed by atoms with Crippen LogP contribution in [-0.2, 0) is 4.79 Å². The molecule has 1 aliphatic carbocycles. The van der Waals surface area contributed by atoms with Crippen LogP contribution < -0.4 is 10.1 Å². The van der Waals surface area contributed by atoms with Gasteiger partial charge in [-0.25, -0.2) is 9.18 Å². The molecule has 0 spiro atoms. The fourth-order valence-corrected chi connectivity index (χ4v) is 3.59. The second kappa shape index (κ2) is 8.15. The lowest BCUT2D eigenvalue weighted by Crippen LogP contribution is -2.46. The van der Waals surface area contributed by atoms with E-state index < -0.39 is 23.7 Å². The summed E-state index contributed by atoms with van der Waals surface area (Å²) in [5.74, 6) is -2.29. The molecule has 1 unspecified atom stereocenters. The Morgan fingerprint density at radius 1 is 1.21 bits per heavy atom. The summed E-state index contributed by atoms with van der Waals surface area (Å²) in [5, 5.41) is 2.71. The summed E-state index contributed by atoms with van der Waals surface area (Å²) in [5.41, 5.74) is 1.77. The molecule has 3 rings (SSSR count). The summed E-state index contributed by atoms with van der Waals surface area (Å²) in [6.45, 7) is 7.20. The van der Waals surface area contributed by atoms with Crippen LogP contribution in [0.2, 0.25) is 0 Å². The van der Waals surface area contributed by atoms with Crippen LogP contribution in [-0.4, -0.2) is 23.7 Å². The van der Waals surface area contributed by atoms with E-state index in [2.05, 4.69) is 5.32 Å². The van der Waals surface area contributed by atoms with Gasteiger partial charge in [0.15, 0.2) is 5.78 Å². The number of ketones is 1. The molecule has 0 heterocycles. The molecule has 0 fully saturated rings. The smallest absolute Gasteiger partial charge is 0.334 e. The molecule has 5 nitrogen and oxygen atoms in total. The molecular formula is C23H24FNO4. The zero-order chi connectivity index (χ0) is 21.3. The number of ether oxygens (including phenoxy) is 1. The van der Waals surface area contributed by atoms with Gasteiger partial charge in [-0.2, -0.15) is 0 Å². The van der Waals surface area contributed by atoms with Gasteiger partial charge in [-0.15, -0.1) is 0 Å². The van der Waals surface area contributed by atoms with Crippen LogP contribution >= 0.6 is 0 Å². The Hall–Kier alpha value is -3.02. The van der Waals surface area contributed by atoms with Crippen molar-refractivity contribution in [3.8, 4) is 5.75 Å². The number of aryl methyl sites for hydroxylation is 1. The van der Waals surface area contributed by atoms with Gasteiger partial charge < -0.3 is 10.1 Å². The minimum Gasteiger partial charge on any atom is -0.424 e. The van der Waals surface area contributed by atoms with E-state index in [4.69, 9.17) is 4.74 Å². The van der Waals surface area contributed by atoms with E-state index >= 15 is 0 Å². The molecule has 1 N–H and O–H groups in total. The second-order valence-corrected chi connectivity index (χ2v) is 7.85. The fraction of sp³-hybridized carbons (Fsp3) is 0.348. The number of Topliss-reactive ketones (excluding diaryl/α,β-unsaturated/α-hetero) is 1. The number of amides is 1. The SMILES string of the molecule is Cc1cccc(C(=O)N[C@H](C(=O)Oc2ccc(F)c3c2C(=O)CC3C)C(C)C)c1. The monoisotopic (exact) mass is 397 g/mol. The van der Waals surface area contributed by atoms with Gasteiger partial charge in [0.25, 0.3) is 5.91 Å². The highest BCUT2D eigenvalue weighted by Crippen LogP contribution is 2.39. The zero-order valence-corrected chi connectivity index (χ0v) is 16.9. The second-order valence-electron chi connectivity index (χ2n) is 7.85. The maximum Gasteiger partial charge on any atom is 0.334 e. The number of rotatable bonds is 5. The van der Waals surface area contributed by atoms with Crippen molar-refractivity contribution in [1.29, 1.82) is 0 Å². The third-order valence-corrected chi connectivity index (χ3v) is 5.12. The van der Waals surface area contributed by atoms with Crippen molar-refractivity contribution in [3.63, 3.8) is 0 Å². The van der Waals surface area contributed by atoms with E-state index in [0.29, 0.717) is 5.56 Å². The molecule has 2 aromatic rings. The minimum absolute atomic E-state index is 0.0382. The lowest BCUT2D eigenvalue weighted by atomic mass is 10.0. The molecule has 0 saturated heterocycles. The minimum atomic E-state index is -0.919. The van der Waals surface area contributed by atoms with Crippen molar-refractivity contribution in [2.75, 3.05) is 0 Å². The molecule has 2 aromatic carbocycles. The number of esters is 1. The van der Waals surface area contributed by atoms with E-state index in [9.17, 15) is 18.8 Å². The number of fused-ring (bicyclic) bond motifs is 1. The number of halogens is 1. The first-order valence-corrected chi connectivity index (χ1v) is 9.63. The Morgan fingerprint density at radius 2 is 1.93 bits per heavy atom. The molecule has 0 aliphatic heterocycles. The van der Waals surface area contributed by atoms with E-state index in [-0.39, 0.29) is 40.9 Å². The van der Waals surface area contributed by atoms with E-state index in [0.717, 1.165) is 5.56 Å². The number of nitrogens with one attached hydrogen (secondary N) is 1. The molecule has 0 bridgehead atoms. The normalized spacial score (nSPS) is 16.5. The Labute approximate surface area is 169 Å². The highest BCUT2D eigenvalue weighted by Gasteiger charge is 2.34. The van der Waals surface area contributed by atoms with Crippen LogP contribution in [0.1, 0.15) is 65.0 Å². The maximum absolute atomic E-state index is 14.2. The molecule has 152 valence electrons. The van der Waals surface area contributed by atoms with Gasteiger partial charge in [0.2, 0.25) is 0 Å². The summed E-state index contributed by atoms with van der Waals surface area (Å²) in [7, 11) is 0. The van der Waals surface area contributed by atoms with Gasteiger partial charge in [0.1, 0.15) is 17.6 Å². The lowest BCUT2D eigenvalue weighted by molar-refractivity contribution is -0.137. The molecule has 0 radical (unpaired) electrons. The van der Waals surface area contributed by atoms with Gasteiger partial charge in [-0.05, 0) is 43.0 Å². The van der Waals surface area contributed by atoms with Crippen molar-refractivity contribution in [2.24, 2.45) is 5.92 Å². The van der Waals surface area contributed by atoms with Gasteiger partial charge >= 0.3 is 5.97 Å². The zero-order valence-electron chi connectivity index (χ0n) is 16.9. The molecule has 0 aromatic heterocycles. The van der Waals surface area contributed by atoms with Crippen molar-refractivity contribution in [1.82, 2.24) is 5.32 Å². The summed E-state index contributed by atoms with van der Waals surface area (Å²) >= 11 is 0. The number of hydrogen-bond donors (Lipinski definition) is 1. The van der Waals surface area contributed by atoms with E-state index in [1.54, 1.807) is 39.0 Å². The maximum atomic E-state index is 14.2. The predicted octanol–water partition coefficient (Wildman–Crippen LogP) is 4.18. The first-order valence-electron chi connectivity index (χ1n) is 9.63. The Morgan fingerprint density at radius 3 is 2.59 bits per heavy atom. The van der Waals surface area contributed by atoms with Crippen LogP contribution in [0.4, 0.5) is 4.39 Å². The molecule has 29 heavy (non-hydrogen) atoms. The average molecular weight is 397 g/mol. The largest absolute Gasteiger partial charge is 0.424 e. The quantitative estimate of drug-likeness (QED) is 0.607. The van der Waals surface area contributed by atoms with Crippen LogP contribution in [0.25, 0.3) is 0 Å². The van der Waals surface area contributed by atoms with Crippen molar-refractivity contribution < 1.29 is 23.5 Å². The van der Waals surface area contributed by atoms with Gasteiger partial charge in [0, 0.05) is 17.5 Å². The number of carbonyl (C=O) groups excluding carboxylic acids is 3. The highest BCUT2D eigenvalue weighted by molar-refractivity contribution is 6.04. The molecule has 1 amide bonds. The number of benzene rings is 2. The third kappa shape index (κ3) is 4.21. The van der Waals surface area contributed by atoms with Crippen LogP contribution in [0.5, 0.6) is 5.75 Å².